The number of rotatable bonds is 8. The smallest absolute Gasteiger partial charge is 0.191 e. The molecule has 4 aromatic rings. The van der Waals surface area contributed by atoms with Gasteiger partial charge in [0.15, 0.2) is 5.96 Å². The van der Waals surface area contributed by atoms with Gasteiger partial charge in [-0.3, -0.25) is 4.68 Å². The largest absolute Gasteiger partial charge is 0.357 e. The molecule has 0 atom stereocenters. The van der Waals surface area contributed by atoms with Gasteiger partial charge in [-0.15, -0.1) is 24.0 Å². The first-order valence-corrected chi connectivity index (χ1v) is 11.3. The standard InChI is InChI=1S/C26H31N7.HI/c1-4-27-26(28-17-22-11-8-9-12-23(22)19-32-16-10-15-30-32)29-18-25-20(2)31-33(21(25)3)24-13-6-5-7-14-24;/h5-16H,4,17-19H2,1-3H3,(H2,27,28,29);1H. The average molecular weight is 569 g/mol. The van der Waals surface area contributed by atoms with Gasteiger partial charge in [-0.25, -0.2) is 9.67 Å². The lowest BCUT2D eigenvalue weighted by Gasteiger charge is -2.13. The second-order valence-electron chi connectivity index (χ2n) is 7.92. The molecule has 2 heterocycles. The van der Waals surface area contributed by atoms with E-state index in [1.165, 1.54) is 16.7 Å². The highest BCUT2D eigenvalue weighted by atomic mass is 127. The maximum Gasteiger partial charge on any atom is 0.191 e. The van der Waals surface area contributed by atoms with Crippen LogP contribution in [0.15, 0.2) is 78.0 Å². The van der Waals surface area contributed by atoms with Crippen LogP contribution in [0, 0.1) is 13.8 Å². The van der Waals surface area contributed by atoms with Gasteiger partial charge < -0.3 is 10.6 Å². The van der Waals surface area contributed by atoms with Crippen LogP contribution in [0.2, 0.25) is 0 Å². The summed E-state index contributed by atoms with van der Waals surface area (Å²) in [5.41, 5.74) is 6.81. The lowest BCUT2D eigenvalue weighted by molar-refractivity contribution is 0.680. The van der Waals surface area contributed by atoms with Gasteiger partial charge in [0, 0.05) is 36.7 Å². The molecule has 0 saturated carbocycles. The molecule has 0 fully saturated rings. The Balaban J connectivity index is 0.00000324. The minimum atomic E-state index is 0. The van der Waals surface area contributed by atoms with Crippen LogP contribution >= 0.6 is 24.0 Å². The summed E-state index contributed by atoms with van der Waals surface area (Å²) in [6.07, 6.45) is 3.78. The number of guanidine groups is 1. The van der Waals surface area contributed by atoms with Gasteiger partial charge >= 0.3 is 0 Å². The predicted molar refractivity (Wildman–Crippen MR) is 148 cm³/mol. The lowest BCUT2D eigenvalue weighted by Crippen LogP contribution is -2.37. The van der Waals surface area contributed by atoms with Crippen LogP contribution in [0.25, 0.3) is 5.69 Å². The highest BCUT2D eigenvalue weighted by Crippen LogP contribution is 2.18. The average Bonchev–Trinajstić information content (AvgIpc) is 3.45. The Bertz CT molecular complexity index is 1200. The highest BCUT2D eigenvalue weighted by molar-refractivity contribution is 14.0. The maximum atomic E-state index is 4.85. The number of nitrogens with zero attached hydrogens (tertiary/aromatic N) is 5. The number of para-hydroxylation sites is 1. The van der Waals surface area contributed by atoms with E-state index in [-0.39, 0.29) is 24.0 Å². The predicted octanol–water partition coefficient (Wildman–Crippen LogP) is 4.61. The Morgan fingerprint density at radius 2 is 1.68 bits per heavy atom. The summed E-state index contributed by atoms with van der Waals surface area (Å²) in [5.74, 6) is 0.789. The molecule has 2 aromatic heterocycles. The van der Waals surface area contributed by atoms with Gasteiger partial charge in [0.25, 0.3) is 0 Å². The molecule has 34 heavy (non-hydrogen) atoms. The van der Waals surface area contributed by atoms with Gasteiger partial charge in [0.05, 0.1) is 24.5 Å². The second-order valence-corrected chi connectivity index (χ2v) is 7.92. The van der Waals surface area contributed by atoms with E-state index in [0.29, 0.717) is 13.1 Å². The normalized spacial score (nSPS) is 11.2. The molecule has 0 spiro atoms. The van der Waals surface area contributed by atoms with Crippen molar-refractivity contribution in [1.82, 2.24) is 30.2 Å². The SMILES string of the molecule is CCNC(=NCc1ccccc1Cn1cccn1)NCc1c(C)nn(-c2ccccc2)c1C.I. The summed E-state index contributed by atoms with van der Waals surface area (Å²) in [6, 6.07) is 20.6. The molecule has 0 bridgehead atoms. The first-order chi connectivity index (χ1) is 16.2. The number of nitrogens with one attached hydrogen (secondary N) is 2. The molecule has 4 rings (SSSR count). The number of benzene rings is 2. The summed E-state index contributed by atoms with van der Waals surface area (Å²) in [7, 11) is 0. The Morgan fingerprint density at radius 1 is 0.941 bits per heavy atom. The van der Waals surface area contributed by atoms with Crippen molar-refractivity contribution in [3.8, 4) is 5.69 Å². The Morgan fingerprint density at radius 3 is 2.38 bits per heavy atom. The van der Waals surface area contributed by atoms with Crippen LogP contribution in [0.5, 0.6) is 0 Å². The molecule has 0 aliphatic rings. The van der Waals surface area contributed by atoms with Gasteiger partial charge in [-0.05, 0) is 50.1 Å². The molecule has 178 valence electrons. The third-order valence-electron chi connectivity index (χ3n) is 5.64. The van der Waals surface area contributed by atoms with E-state index in [4.69, 9.17) is 10.1 Å². The molecule has 7 nitrogen and oxygen atoms in total. The molecule has 2 aromatic carbocycles. The van der Waals surface area contributed by atoms with Gasteiger partial charge in [0.2, 0.25) is 0 Å². The molecular formula is C26H32IN7. The number of hydrogen-bond acceptors (Lipinski definition) is 3. The van der Waals surface area contributed by atoms with Crippen LogP contribution in [-0.2, 0) is 19.6 Å². The van der Waals surface area contributed by atoms with Crippen LogP contribution in [0.4, 0.5) is 0 Å². The van der Waals surface area contributed by atoms with Crippen LogP contribution in [-0.4, -0.2) is 32.1 Å². The van der Waals surface area contributed by atoms with Crippen molar-refractivity contribution < 1.29 is 0 Å². The third kappa shape index (κ3) is 6.25. The van der Waals surface area contributed by atoms with Gasteiger partial charge in [-0.1, -0.05) is 42.5 Å². The number of aryl methyl sites for hydroxylation is 1. The first kappa shape index (κ1) is 25.5. The molecule has 0 unspecified atom stereocenters. The van der Waals surface area contributed by atoms with E-state index in [1.807, 2.05) is 39.8 Å². The van der Waals surface area contributed by atoms with Crippen molar-refractivity contribution >= 4 is 29.9 Å². The molecule has 2 N–H and O–H groups in total. The molecule has 0 aliphatic carbocycles. The quantitative estimate of drug-likeness (QED) is 0.185. The first-order valence-electron chi connectivity index (χ1n) is 11.3. The summed E-state index contributed by atoms with van der Waals surface area (Å²) in [4.78, 5) is 4.85. The van der Waals surface area contributed by atoms with Crippen LogP contribution in [0.3, 0.4) is 0 Å². The van der Waals surface area contributed by atoms with E-state index >= 15 is 0 Å². The fourth-order valence-electron chi connectivity index (χ4n) is 3.86. The van der Waals surface area contributed by atoms with Crippen LogP contribution < -0.4 is 10.6 Å². The van der Waals surface area contributed by atoms with E-state index in [2.05, 4.69) is 72.9 Å². The highest BCUT2D eigenvalue weighted by Gasteiger charge is 2.13. The van der Waals surface area contributed by atoms with Crippen molar-refractivity contribution in [2.45, 2.75) is 40.4 Å². The van der Waals surface area contributed by atoms with Crippen molar-refractivity contribution in [3.05, 3.63) is 101 Å². The minimum absolute atomic E-state index is 0. The van der Waals surface area contributed by atoms with E-state index < -0.39 is 0 Å². The van der Waals surface area contributed by atoms with E-state index in [9.17, 15) is 0 Å². The Hall–Kier alpha value is -3.14. The zero-order valence-electron chi connectivity index (χ0n) is 19.9. The minimum Gasteiger partial charge on any atom is -0.357 e. The molecular weight excluding hydrogens is 537 g/mol. The Labute approximate surface area is 218 Å². The summed E-state index contributed by atoms with van der Waals surface area (Å²) in [6.45, 7) is 9.02. The number of aromatic nitrogens is 4. The molecule has 8 heteroatoms. The molecule has 0 amide bonds. The monoisotopic (exact) mass is 569 g/mol. The third-order valence-corrected chi connectivity index (χ3v) is 5.64. The van der Waals surface area contributed by atoms with E-state index in [1.54, 1.807) is 6.20 Å². The fourth-order valence-corrected chi connectivity index (χ4v) is 3.86. The zero-order valence-corrected chi connectivity index (χ0v) is 22.2. The zero-order chi connectivity index (χ0) is 23.0. The number of hydrogen-bond donors (Lipinski definition) is 2. The second kappa shape index (κ2) is 12.4. The van der Waals surface area contributed by atoms with Crippen molar-refractivity contribution in [2.24, 2.45) is 4.99 Å². The van der Waals surface area contributed by atoms with E-state index in [0.717, 1.165) is 36.1 Å². The Kier molecular flexibility index (Phi) is 9.26. The van der Waals surface area contributed by atoms with Crippen molar-refractivity contribution in [1.29, 1.82) is 0 Å². The van der Waals surface area contributed by atoms with Crippen molar-refractivity contribution in [3.63, 3.8) is 0 Å². The molecule has 0 aliphatic heterocycles. The van der Waals surface area contributed by atoms with Crippen LogP contribution in [0.1, 0.15) is 35.0 Å². The number of halogens is 1. The maximum absolute atomic E-state index is 4.85. The fraction of sp³-hybridized carbons (Fsp3) is 0.269. The summed E-state index contributed by atoms with van der Waals surface area (Å²) in [5, 5.41) is 15.9. The summed E-state index contributed by atoms with van der Waals surface area (Å²) < 4.78 is 3.93. The molecule has 0 radical (unpaired) electrons. The molecule has 0 saturated heterocycles. The number of aliphatic imine (C=N–C) groups is 1. The topological polar surface area (TPSA) is 72.1 Å². The lowest BCUT2D eigenvalue weighted by atomic mass is 10.1. The van der Waals surface area contributed by atoms with Gasteiger partial charge in [-0.2, -0.15) is 10.2 Å². The van der Waals surface area contributed by atoms with Crippen molar-refractivity contribution in [2.75, 3.05) is 6.54 Å². The summed E-state index contributed by atoms with van der Waals surface area (Å²) >= 11 is 0. The van der Waals surface area contributed by atoms with Gasteiger partial charge in [0.1, 0.15) is 0 Å².